The second-order valence-corrected chi connectivity index (χ2v) is 5.96. The van der Waals surface area contributed by atoms with Gasteiger partial charge in [0.25, 0.3) is 0 Å². The Balaban J connectivity index is 1.83. The second-order valence-electron chi connectivity index (χ2n) is 5.96. The van der Waals surface area contributed by atoms with Crippen molar-refractivity contribution in [3.63, 3.8) is 0 Å². The first-order valence-corrected chi connectivity index (χ1v) is 6.17. The molecule has 2 saturated carbocycles. The zero-order valence-corrected chi connectivity index (χ0v) is 9.94. The SMILES string of the molecule is CC(C)(N)c1noc(C2CC3CCC2C3)n1. The van der Waals surface area contributed by atoms with Gasteiger partial charge in [-0.25, -0.2) is 0 Å². The maximum atomic E-state index is 5.96. The van der Waals surface area contributed by atoms with Gasteiger partial charge < -0.3 is 10.3 Å². The molecule has 3 rings (SSSR count). The van der Waals surface area contributed by atoms with Crippen LogP contribution >= 0.6 is 0 Å². The molecule has 0 saturated heterocycles. The molecule has 4 heteroatoms. The first kappa shape index (κ1) is 10.3. The summed E-state index contributed by atoms with van der Waals surface area (Å²) in [5.41, 5.74) is 5.46. The van der Waals surface area contributed by atoms with Crippen LogP contribution in [0.5, 0.6) is 0 Å². The zero-order valence-electron chi connectivity index (χ0n) is 9.94. The highest BCUT2D eigenvalue weighted by atomic mass is 16.5. The maximum Gasteiger partial charge on any atom is 0.230 e. The summed E-state index contributed by atoms with van der Waals surface area (Å²) < 4.78 is 5.39. The lowest BCUT2D eigenvalue weighted by Gasteiger charge is -2.17. The Kier molecular flexibility index (Phi) is 2.11. The van der Waals surface area contributed by atoms with Gasteiger partial charge in [0.05, 0.1) is 5.54 Å². The van der Waals surface area contributed by atoms with Crippen molar-refractivity contribution < 1.29 is 4.52 Å². The molecular weight excluding hydrogens is 202 g/mol. The third kappa shape index (κ3) is 1.56. The molecular formula is C12H19N3O. The van der Waals surface area contributed by atoms with Crippen molar-refractivity contribution in [2.45, 2.75) is 51.0 Å². The molecule has 2 bridgehead atoms. The third-order valence-corrected chi connectivity index (χ3v) is 4.07. The summed E-state index contributed by atoms with van der Waals surface area (Å²) in [6.45, 7) is 3.81. The topological polar surface area (TPSA) is 64.9 Å². The van der Waals surface area contributed by atoms with Crippen LogP contribution in [-0.4, -0.2) is 10.1 Å². The Morgan fingerprint density at radius 2 is 2.12 bits per heavy atom. The summed E-state index contributed by atoms with van der Waals surface area (Å²) in [7, 11) is 0. The van der Waals surface area contributed by atoms with E-state index < -0.39 is 5.54 Å². The molecule has 88 valence electrons. The van der Waals surface area contributed by atoms with Gasteiger partial charge in [0, 0.05) is 5.92 Å². The molecule has 0 amide bonds. The first-order chi connectivity index (χ1) is 7.54. The van der Waals surface area contributed by atoms with Crippen LogP contribution in [0.25, 0.3) is 0 Å². The Hall–Kier alpha value is -0.900. The van der Waals surface area contributed by atoms with E-state index in [0.29, 0.717) is 11.7 Å². The Labute approximate surface area is 95.6 Å². The van der Waals surface area contributed by atoms with Crippen LogP contribution in [0, 0.1) is 11.8 Å². The molecule has 1 aromatic heterocycles. The van der Waals surface area contributed by atoms with Crippen molar-refractivity contribution >= 4 is 0 Å². The summed E-state index contributed by atoms with van der Waals surface area (Å²) in [5, 5.41) is 4.00. The van der Waals surface area contributed by atoms with Crippen molar-refractivity contribution in [3.8, 4) is 0 Å². The van der Waals surface area contributed by atoms with E-state index >= 15 is 0 Å². The van der Waals surface area contributed by atoms with Crippen LogP contribution in [0.15, 0.2) is 4.52 Å². The number of nitrogens with zero attached hydrogens (tertiary/aromatic N) is 2. The number of hydrogen-bond donors (Lipinski definition) is 1. The van der Waals surface area contributed by atoms with Gasteiger partial charge in [0.2, 0.25) is 5.89 Å². The fourth-order valence-corrected chi connectivity index (χ4v) is 3.19. The fraction of sp³-hybridized carbons (Fsp3) is 0.833. The summed E-state index contributed by atoms with van der Waals surface area (Å²) >= 11 is 0. The predicted octanol–water partition coefficient (Wildman–Crippen LogP) is 2.17. The van der Waals surface area contributed by atoms with E-state index in [9.17, 15) is 0 Å². The quantitative estimate of drug-likeness (QED) is 0.831. The molecule has 1 aromatic rings. The molecule has 3 atom stereocenters. The van der Waals surface area contributed by atoms with Crippen LogP contribution in [0.3, 0.4) is 0 Å². The lowest BCUT2D eigenvalue weighted by atomic mass is 9.89. The molecule has 2 aliphatic rings. The predicted molar refractivity (Wildman–Crippen MR) is 59.7 cm³/mol. The minimum atomic E-state index is -0.501. The number of nitrogens with two attached hydrogens (primary N) is 1. The van der Waals surface area contributed by atoms with E-state index in [0.717, 1.165) is 17.7 Å². The largest absolute Gasteiger partial charge is 0.339 e. The molecule has 2 fully saturated rings. The maximum absolute atomic E-state index is 5.96. The number of rotatable bonds is 2. The van der Waals surface area contributed by atoms with E-state index in [1.165, 1.54) is 25.7 Å². The lowest BCUT2D eigenvalue weighted by Crippen LogP contribution is -2.30. The molecule has 0 spiro atoms. The lowest BCUT2D eigenvalue weighted by molar-refractivity contribution is 0.298. The average Bonchev–Trinajstić information content (AvgIpc) is 2.92. The van der Waals surface area contributed by atoms with E-state index in [2.05, 4.69) is 10.1 Å². The monoisotopic (exact) mass is 221 g/mol. The first-order valence-electron chi connectivity index (χ1n) is 6.17. The summed E-state index contributed by atoms with van der Waals surface area (Å²) in [6, 6.07) is 0. The van der Waals surface area contributed by atoms with Crippen molar-refractivity contribution in [2.24, 2.45) is 17.6 Å². The van der Waals surface area contributed by atoms with E-state index in [1.807, 2.05) is 13.8 Å². The van der Waals surface area contributed by atoms with Crippen LogP contribution in [0.1, 0.15) is 57.2 Å². The average molecular weight is 221 g/mol. The standard InChI is InChI=1S/C12H19N3O/c1-12(2,13)11-14-10(16-15-11)9-6-7-3-4-8(9)5-7/h7-9H,3-6,13H2,1-2H3. The van der Waals surface area contributed by atoms with Gasteiger partial charge in [-0.15, -0.1) is 0 Å². The van der Waals surface area contributed by atoms with Crippen LogP contribution < -0.4 is 5.73 Å². The van der Waals surface area contributed by atoms with Crippen LogP contribution in [0.2, 0.25) is 0 Å². The highest BCUT2D eigenvalue weighted by Gasteiger charge is 2.43. The molecule has 1 heterocycles. The van der Waals surface area contributed by atoms with Gasteiger partial charge in [-0.1, -0.05) is 11.6 Å². The van der Waals surface area contributed by atoms with Gasteiger partial charge in [0.15, 0.2) is 5.82 Å². The summed E-state index contributed by atoms with van der Waals surface area (Å²) in [5.74, 6) is 3.63. The highest BCUT2D eigenvalue weighted by molar-refractivity contribution is 5.07. The van der Waals surface area contributed by atoms with Crippen molar-refractivity contribution in [1.29, 1.82) is 0 Å². The van der Waals surface area contributed by atoms with Gasteiger partial charge >= 0.3 is 0 Å². The highest BCUT2D eigenvalue weighted by Crippen LogP contribution is 2.52. The molecule has 0 aliphatic heterocycles. The molecule has 2 aliphatic carbocycles. The van der Waals surface area contributed by atoms with E-state index in [4.69, 9.17) is 10.3 Å². The summed E-state index contributed by atoms with van der Waals surface area (Å²) in [6.07, 6.45) is 5.31. The summed E-state index contributed by atoms with van der Waals surface area (Å²) in [4.78, 5) is 4.48. The smallest absolute Gasteiger partial charge is 0.230 e. The molecule has 3 unspecified atom stereocenters. The van der Waals surface area contributed by atoms with Gasteiger partial charge in [-0.3, -0.25) is 0 Å². The minimum absolute atomic E-state index is 0.501. The van der Waals surface area contributed by atoms with Crippen molar-refractivity contribution in [2.75, 3.05) is 0 Å². The number of aromatic nitrogens is 2. The Morgan fingerprint density at radius 3 is 2.62 bits per heavy atom. The Bertz CT molecular complexity index is 393. The van der Waals surface area contributed by atoms with Crippen molar-refractivity contribution in [3.05, 3.63) is 11.7 Å². The van der Waals surface area contributed by atoms with Gasteiger partial charge in [0.1, 0.15) is 0 Å². The number of hydrogen-bond acceptors (Lipinski definition) is 4. The van der Waals surface area contributed by atoms with Crippen LogP contribution in [0.4, 0.5) is 0 Å². The molecule has 0 aromatic carbocycles. The van der Waals surface area contributed by atoms with Crippen LogP contribution in [-0.2, 0) is 5.54 Å². The van der Waals surface area contributed by atoms with E-state index in [-0.39, 0.29) is 0 Å². The van der Waals surface area contributed by atoms with Gasteiger partial charge in [-0.05, 0) is 44.9 Å². The zero-order chi connectivity index (χ0) is 11.3. The van der Waals surface area contributed by atoms with Gasteiger partial charge in [-0.2, -0.15) is 4.98 Å². The molecule has 4 nitrogen and oxygen atoms in total. The molecule has 2 N–H and O–H groups in total. The Morgan fingerprint density at radius 1 is 1.31 bits per heavy atom. The number of fused-ring (bicyclic) bond motifs is 2. The molecule has 0 radical (unpaired) electrons. The minimum Gasteiger partial charge on any atom is -0.339 e. The second kappa shape index (κ2) is 3.29. The fourth-order valence-electron chi connectivity index (χ4n) is 3.19. The van der Waals surface area contributed by atoms with Crippen molar-refractivity contribution in [1.82, 2.24) is 10.1 Å². The third-order valence-electron chi connectivity index (χ3n) is 4.07. The van der Waals surface area contributed by atoms with E-state index in [1.54, 1.807) is 0 Å². The molecule has 16 heavy (non-hydrogen) atoms. The normalized spacial score (nSPS) is 33.6.